The van der Waals surface area contributed by atoms with Crippen LogP contribution in [-0.4, -0.2) is 28.9 Å². The smallest absolute Gasteiger partial charge is 0.121 e. The van der Waals surface area contributed by atoms with Crippen LogP contribution in [0.25, 0.3) is 5.69 Å². The quantitative estimate of drug-likeness (QED) is 0.729. The average molecular weight is 216 g/mol. The van der Waals surface area contributed by atoms with Crippen LogP contribution >= 0.6 is 0 Å². The monoisotopic (exact) mass is 216 g/mol. The Bertz CT molecular complexity index is 464. The lowest BCUT2D eigenvalue weighted by Crippen LogP contribution is -2.04. The minimum atomic E-state index is 0.289. The zero-order chi connectivity index (χ0) is 10.8. The molecule has 1 aromatic carbocycles. The van der Waals surface area contributed by atoms with Crippen LogP contribution in [-0.2, 0) is 4.74 Å². The number of ether oxygens (including phenoxy) is 2. The number of nitrogens with zero attached hydrogens (tertiary/aromatic N) is 2. The molecular formula is C12H12N2O2. The van der Waals surface area contributed by atoms with E-state index >= 15 is 0 Å². The Morgan fingerprint density at radius 2 is 2.44 bits per heavy atom. The summed E-state index contributed by atoms with van der Waals surface area (Å²) in [5.41, 5.74) is 1.05. The molecule has 4 heteroatoms. The van der Waals surface area contributed by atoms with Gasteiger partial charge in [-0.25, -0.2) is 4.98 Å². The first-order valence-electron chi connectivity index (χ1n) is 5.24. The van der Waals surface area contributed by atoms with Gasteiger partial charge in [0, 0.05) is 18.5 Å². The summed E-state index contributed by atoms with van der Waals surface area (Å²) in [7, 11) is 0. The molecule has 1 saturated heterocycles. The third kappa shape index (κ3) is 2.06. The van der Waals surface area contributed by atoms with Crippen LogP contribution in [0.5, 0.6) is 5.75 Å². The summed E-state index contributed by atoms with van der Waals surface area (Å²) in [4.78, 5) is 4.01. The Labute approximate surface area is 93.4 Å². The number of aromatic nitrogens is 2. The highest BCUT2D eigenvalue weighted by Crippen LogP contribution is 2.18. The summed E-state index contributed by atoms with van der Waals surface area (Å²) in [6.45, 7) is 1.45. The number of imidazole rings is 1. The standard InChI is InChI=1S/C12H12N2O2/c1-2-10(14-5-4-13-9-14)6-11(3-1)15-7-12-8-16-12/h1-6,9,12H,7-8H2. The number of hydrogen-bond donors (Lipinski definition) is 0. The molecule has 1 aromatic heterocycles. The molecule has 0 radical (unpaired) electrons. The van der Waals surface area contributed by atoms with Crippen molar-refractivity contribution in [3.05, 3.63) is 43.0 Å². The Morgan fingerprint density at radius 3 is 3.19 bits per heavy atom. The number of epoxide rings is 1. The second kappa shape index (κ2) is 3.98. The van der Waals surface area contributed by atoms with Gasteiger partial charge in [0.1, 0.15) is 18.5 Å². The lowest BCUT2D eigenvalue weighted by Gasteiger charge is -2.07. The van der Waals surface area contributed by atoms with Crippen LogP contribution in [0.3, 0.4) is 0 Å². The molecule has 1 atom stereocenters. The normalized spacial score (nSPS) is 18.4. The van der Waals surface area contributed by atoms with Crippen LogP contribution in [0.15, 0.2) is 43.0 Å². The molecule has 82 valence electrons. The van der Waals surface area contributed by atoms with E-state index in [1.165, 1.54) is 0 Å². The van der Waals surface area contributed by atoms with Gasteiger partial charge in [-0.1, -0.05) is 6.07 Å². The molecule has 0 aliphatic carbocycles. The molecule has 0 amide bonds. The third-order valence-electron chi connectivity index (χ3n) is 2.46. The fourth-order valence-corrected chi connectivity index (χ4v) is 1.50. The summed E-state index contributed by atoms with van der Waals surface area (Å²) in [5, 5.41) is 0. The highest BCUT2D eigenvalue weighted by molar-refractivity contribution is 5.39. The van der Waals surface area contributed by atoms with Crippen molar-refractivity contribution < 1.29 is 9.47 Å². The number of benzene rings is 1. The van der Waals surface area contributed by atoms with E-state index in [0.29, 0.717) is 6.61 Å². The van der Waals surface area contributed by atoms with Gasteiger partial charge in [-0.15, -0.1) is 0 Å². The second-order valence-corrected chi connectivity index (χ2v) is 3.73. The first-order valence-corrected chi connectivity index (χ1v) is 5.24. The van der Waals surface area contributed by atoms with Crippen molar-refractivity contribution in [2.75, 3.05) is 13.2 Å². The van der Waals surface area contributed by atoms with E-state index in [4.69, 9.17) is 9.47 Å². The molecule has 2 aromatic rings. The van der Waals surface area contributed by atoms with Crippen molar-refractivity contribution in [3.63, 3.8) is 0 Å². The molecule has 2 heterocycles. The molecule has 1 aliphatic rings. The van der Waals surface area contributed by atoms with Gasteiger partial charge in [-0.3, -0.25) is 0 Å². The molecule has 1 aliphatic heterocycles. The Morgan fingerprint density at radius 1 is 1.50 bits per heavy atom. The maximum absolute atomic E-state index is 5.61. The van der Waals surface area contributed by atoms with E-state index in [1.54, 1.807) is 12.5 Å². The largest absolute Gasteiger partial charge is 0.491 e. The van der Waals surface area contributed by atoms with E-state index in [-0.39, 0.29) is 6.10 Å². The van der Waals surface area contributed by atoms with Crippen LogP contribution in [0.1, 0.15) is 0 Å². The minimum Gasteiger partial charge on any atom is -0.491 e. The van der Waals surface area contributed by atoms with Crippen molar-refractivity contribution in [3.8, 4) is 11.4 Å². The van der Waals surface area contributed by atoms with Crippen LogP contribution in [0, 0.1) is 0 Å². The van der Waals surface area contributed by atoms with Gasteiger partial charge in [0.15, 0.2) is 0 Å². The maximum atomic E-state index is 5.61. The van der Waals surface area contributed by atoms with Gasteiger partial charge in [0.25, 0.3) is 0 Å². The second-order valence-electron chi connectivity index (χ2n) is 3.73. The molecule has 16 heavy (non-hydrogen) atoms. The topological polar surface area (TPSA) is 39.6 Å². The average Bonchev–Trinajstić information content (AvgIpc) is 2.99. The lowest BCUT2D eigenvalue weighted by atomic mass is 10.3. The van der Waals surface area contributed by atoms with Crippen molar-refractivity contribution in [1.82, 2.24) is 9.55 Å². The molecule has 3 rings (SSSR count). The summed E-state index contributed by atoms with van der Waals surface area (Å²) in [5.74, 6) is 0.863. The van der Waals surface area contributed by atoms with Crippen LogP contribution < -0.4 is 4.74 Å². The van der Waals surface area contributed by atoms with Crippen molar-refractivity contribution in [2.45, 2.75) is 6.10 Å². The molecule has 0 N–H and O–H groups in total. The van der Waals surface area contributed by atoms with E-state index in [2.05, 4.69) is 4.98 Å². The molecule has 1 unspecified atom stereocenters. The zero-order valence-corrected chi connectivity index (χ0v) is 8.74. The van der Waals surface area contributed by atoms with Gasteiger partial charge in [0.05, 0.1) is 18.6 Å². The predicted molar refractivity (Wildman–Crippen MR) is 58.8 cm³/mol. The maximum Gasteiger partial charge on any atom is 0.121 e. The van der Waals surface area contributed by atoms with E-state index in [9.17, 15) is 0 Å². The fraction of sp³-hybridized carbons (Fsp3) is 0.250. The van der Waals surface area contributed by atoms with E-state index in [0.717, 1.165) is 18.0 Å². The Balaban J connectivity index is 1.76. The number of hydrogen-bond acceptors (Lipinski definition) is 3. The van der Waals surface area contributed by atoms with Gasteiger partial charge in [-0.05, 0) is 12.1 Å². The summed E-state index contributed by atoms with van der Waals surface area (Å²) < 4.78 is 12.6. The molecule has 0 saturated carbocycles. The Hall–Kier alpha value is -1.81. The van der Waals surface area contributed by atoms with Crippen LogP contribution in [0.4, 0.5) is 0 Å². The Kier molecular flexibility index (Phi) is 2.34. The molecule has 0 bridgehead atoms. The van der Waals surface area contributed by atoms with E-state index < -0.39 is 0 Å². The first-order chi connectivity index (χ1) is 7.92. The first kappa shape index (κ1) is 9.42. The van der Waals surface area contributed by atoms with Gasteiger partial charge < -0.3 is 14.0 Å². The molecule has 4 nitrogen and oxygen atoms in total. The molecule has 0 spiro atoms. The van der Waals surface area contributed by atoms with Crippen molar-refractivity contribution in [1.29, 1.82) is 0 Å². The summed E-state index contributed by atoms with van der Waals surface area (Å²) in [6.07, 6.45) is 5.72. The van der Waals surface area contributed by atoms with Gasteiger partial charge in [0.2, 0.25) is 0 Å². The van der Waals surface area contributed by atoms with Gasteiger partial charge in [-0.2, -0.15) is 0 Å². The third-order valence-corrected chi connectivity index (χ3v) is 2.46. The molecule has 1 fully saturated rings. The highest BCUT2D eigenvalue weighted by Gasteiger charge is 2.22. The predicted octanol–water partition coefficient (Wildman–Crippen LogP) is 1.65. The highest BCUT2D eigenvalue weighted by atomic mass is 16.6. The summed E-state index contributed by atoms with van der Waals surface area (Å²) >= 11 is 0. The lowest BCUT2D eigenvalue weighted by molar-refractivity contribution is 0.263. The van der Waals surface area contributed by atoms with Crippen molar-refractivity contribution in [2.24, 2.45) is 0 Å². The summed E-state index contributed by atoms with van der Waals surface area (Å²) in [6, 6.07) is 7.92. The van der Waals surface area contributed by atoms with Crippen molar-refractivity contribution >= 4 is 0 Å². The number of rotatable bonds is 4. The van der Waals surface area contributed by atoms with Gasteiger partial charge >= 0.3 is 0 Å². The SMILES string of the molecule is c1cc(OCC2CO2)cc(-n2ccnc2)c1. The zero-order valence-electron chi connectivity index (χ0n) is 8.74. The fourth-order valence-electron chi connectivity index (χ4n) is 1.50. The van der Waals surface area contributed by atoms with E-state index in [1.807, 2.05) is 35.0 Å². The minimum absolute atomic E-state index is 0.289. The van der Waals surface area contributed by atoms with Crippen LogP contribution in [0.2, 0.25) is 0 Å². The molecular weight excluding hydrogens is 204 g/mol.